The fourth-order valence-corrected chi connectivity index (χ4v) is 0.225. The van der Waals surface area contributed by atoms with E-state index in [0.29, 0.717) is 0 Å². The molecule has 0 aliphatic heterocycles. The van der Waals surface area contributed by atoms with Gasteiger partial charge >= 0.3 is 0 Å². The number of amides is 1. The van der Waals surface area contributed by atoms with E-state index in [0.717, 1.165) is 6.42 Å². The number of hydrogen-bond acceptors (Lipinski definition) is 1. The summed E-state index contributed by atoms with van der Waals surface area (Å²) >= 11 is 0. The van der Waals surface area contributed by atoms with Crippen molar-refractivity contribution in [3.63, 3.8) is 0 Å². The van der Waals surface area contributed by atoms with Gasteiger partial charge in [0.25, 0.3) is 5.91 Å². The van der Waals surface area contributed by atoms with Crippen LogP contribution in [0, 0.1) is 23.7 Å². The van der Waals surface area contributed by atoms with Gasteiger partial charge in [-0.25, -0.2) is 0 Å². The summed E-state index contributed by atoms with van der Waals surface area (Å²) in [5.74, 6) is 8.88. The second-order valence-electron chi connectivity index (χ2n) is 1.27. The summed E-state index contributed by atoms with van der Waals surface area (Å²) in [4.78, 5) is 9.94. The normalized spacial score (nSPS) is 5.89. The molecular weight excluding hydrogens is 114 g/mol. The van der Waals surface area contributed by atoms with Gasteiger partial charge in [-0.2, -0.15) is 0 Å². The number of carbonyl (C=O) groups is 1. The first kappa shape index (κ1) is 7.59. The lowest BCUT2D eigenvalue weighted by Crippen LogP contribution is -2.05. The molecule has 0 aromatic carbocycles. The van der Waals surface area contributed by atoms with Gasteiger partial charge in [-0.05, 0) is 11.8 Å². The molecule has 0 fully saturated rings. The number of primary amides is 1. The molecule has 0 bridgehead atoms. The molecule has 0 unspecified atom stereocenters. The van der Waals surface area contributed by atoms with Gasteiger partial charge in [-0.15, -0.1) is 0 Å². The van der Waals surface area contributed by atoms with Crippen LogP contribution in [0.4, 0.5) is 0 Å². The highest BCUT2D eigenvalue weighted by atomic mass is 16.1. The van der Waals surface area contributed by atoms with Crippen molar-refractivity contribution < 1.29 is 4.79 Å². The third-order valence-corrected chi connectivity index (χ3v) is 0.513. The molecule has 0 radical (unpaired) electrons. The summed E-state index contributed by atoms with van der Waals surface area (Å²) in [6.45, 7) is 1.90. The average molecular weight is 121 g/mol. The van der Waals surface area contributed by atoms with Crippen LogP contribution in [0.1, 0.15) is 13.3 Å². The van der Waals surface area contributed by atoms with Crippen LogP contribution < -0.4 is 5.73 Å². The summed E-state index contributed by atoms with van der Waals surface area (Å²) < 4.78 is 0. The Labute approximate surface area is 54.4 Å². The van der Waals surface area contributed by atoms with Crippen molar-refractivity contribution in [2.45, 2.75) is 13.3 Å². The van der Waals surface area contributed by atoms with Crippen molar-refractivity contribution in [1.29, 1.82) is 0 Å². The Morgan fingerprint density at radius 1 is 1.56 bits per heavy atom. The molecule has 0 rings (SSSR count). The fourth-order valence-electron chi connectivity index (χ4n) is 0.225. The van der Waals surface area contributed by atoms with Crippen LogP contribution in [0.15, 0.2) is 0 Å². The quantitative estimate of drug-likeness (QED) is 0.446. The molecule has 1 amide bonds. The van der Waals surface area contributed by atoms with E-state index in [4.69, 9.17) is 5.73 Å². The zero-order valence-corrected chi connectivity index (χ0v) is 5.19. The van der Waals surface area contributed by atoms with E-state index in [1.165, 1.54) is 0 Å². The van der Waals surface area contributed by atoms with Crippen LogP contribution in [0.25, 0.3) is 0 Å². The van der Waals surface area contributed by atoms with Crippen molar-refractivity contribution in [2.24, 2.45) is 5.73 Å². The largest absolute Gasteiger partial charge is 0.359 e. The van der Waals surface area contributed by atoms with Crippen LogP contribution in [-0.2, 0) is 4.79 Å². The third-order valence-electron chi connectivity index (χ3n) is 0.513. The van der Waals surface area contributed by atoms with Crippen LogP contribution in [0.5, 0.6) is 0 Å². The van der Waals surface area contributed by atoms with Crippen molar-refractivity contribution in [2.75, 3.05) is 0 Å². The van der Waals surface area contributed by atoms with Crippen LogP contribution >= 0.6 is 0 Å². The molecule has 2 N–H and O–H groups in total. The minimum atomic E-state index is -0.639. The van der Waals surface area contributed by atoms with Crippen LogP contribution in [0.2, 0.25) is 0 Å². The van der Waals surface area contributed by atoms with Gasteiger partial charge in [0.2, 0.25) is 0 Å². The summed E-state index contributed by atoms with van der Waals surface area (Å²) in [6, 6.07) is 0. The summed E-state index contributed by atoms with van der Waals surface area (Å²) in [5, 5.41) is 0. The van der Waals surface area contributed by atoms with Gasteiger partial charge in [-0.3, -0.25) is 4.79 Å². The van der Waals surface area contributed by atoms with E-state index in [2.05, 4.69) is 23.7 Å². The SMILES string of the molecule is CCC#CC#CC(N)=O. The van der Waals surface area contributed by atoms with Crippen molar-refractivity contribution in [3.05, 3.63) is 0 Å². The molecular formula is C7H7NO. The Bertz CT molecular complexity index is 209. The first-order valence-electron chi connectivity index (χ1n) is 2.55. The third kappa shape index (κ3) is 6.59. The number of rotatable bonds is 0. The van der Waals surface area contributed by atoms with E-state index in [-0.39, 0.29) is 0 Å². The van der Waals surface area contributed by atoms with Crippen molar-refractivity contribution in [3.8, 4) is 23.7 Å². The Morgan fingerprint density at radius 3 is 2.67 bits per heavy atom. The molecule has 0 spiro atoms. The minimum Gasteiger partial charge on any atom is -0.359 e. The summed E-state index contributed by atoms with van der Waals surface area (Å²) in [5.41, 5.74) is 4.69. The highest BCUT2D eigenvalue weighted by molar-refractivity contribution is 5.92. The predicted molar refractivity (Wildman–Crippen MR) is 35.0 cm³/mol. The molecule has 46 valence electrons. The molecule has 0 aliphatic rings. The van der Waals surface area contributed by atoms with E-state index in [1.807, 2.05) is 6.92 Å². The monoisotopic (exact) mass is 121 g/mol. The van der Waals surface area contributed by atoms with E-state index < -0.39 is 5.91 Å². The van der Waals surface area contributed by atoms with Crippen LogP contribution in [-0.4, -0.2) is 5.91 Å². The Kier molecular flexibility index (Phi) is 4.00. The molecule has 0 saturated heterocycles. The predicted octanol–water partition coefficient (Wildman–Crippen LogP) is -0.112. The Balaban J connectivity index is 3.76. The van der Waals surface area contributed by atoms with Gasteiger partial charge in [-0.1, -0.05) is 12.8 Å². The van der Waals surface area contributed by atoms with E-state index >= 15 is 0 Å². The molecule has 0 aliphatic carbocycles. The first-order valence-corrected chi connectivity index (χ1v) is 2.55. The molecule has 0 aromatic rings. The topological polar surface area (TPSA) is 43.1 Å². The number of nitrogens with two attached hydrogens (primary N) is 1. The Hall–Kier alpha value is -1.41. The van der Waals surface area contributed by atoms with Gasteiger partial charge in [0, 0.05) is 12.3 Å². The fraction of sp³-hybridized carbons (Fsp3) is 0.286. The highest BCUT2D eigenvalue weighted by Gasteiger charge is 1.74. The maximum absolute atomic E-state index is 9.94. The van der Waals surface area contributed by atoms with Gasteiger partial charge < -0.3 is 5.73 Å². The second kappa shape index (κ2) is 4.74. The minimum absolute atomic E-state index is 0.639. The lowest BCUT2D eigenvalue weighted by Gasteiger charge is -1.66. The van der Waals surface area contributed by atoms with Crippen molar-refractivity contribution in [1.82, 2.24) is 0 Å². The molecule has 0 saturated carbocycles. The van der Waals surface area contributed by atoms with Gasteiger partial charge in [0.05, 0.1) is 0 Å². The molecule has 9 heavy (non-hydrogen) atoms. The standard InChI is InChI=1S/C7H7NO/c1-2-3-4-5-6-7(8)9/h2H2,1H3,(H2,8,9). The first-order chi connectivity index (χ1) is 4.27. The van der Waals surface area contributed by atoms with E-state index in [9.17, 15) is 4.79 Å². The molecule has 0 atom stereocenters. The van der Waals surface area contributed by atoms with E-state index in [1.54, 1.807) is 0 Å². The molecule has 0 heterocycles. The van der Waals surface area contributed by atoms with Gasteiger partial charge in [0.15, 0.2) is 0 Å². The molecule has 2 nitrogen and oxygen atoms in total. The zero-order chi connectivity index (χ0) is 7.11. The number of hydrogen-bond donors (Lipinski definition) is 1. The maximum Gasteiger partial charge on any atom is 0.294 e. The van der Waals surface area contributed by atoms with Crippen LogP contribution in [0.3, 0.4) is 0 Å². The lowest BCUT2D eigenvalue weighted by atomic mass is 10.4. The lowest BCUT2D eigenvalue weighted by molar-refractivity contribution is -0.112. The maximum atomic E-state index is 9.94. The number of carbonyl (C=O) groups excluding carboxylic acids is 1. The van der Waals surface area contributed by atoms with Gasteiger partial charge in [0.1, 0.15) is 0 Å². The highest BCUT2D eigenvalue weighted by Crippen LogP contribution is 1.64. The Morgan fingerprint density at radius 2 is 2.22 bits per heavy atom. The second-order valence-corrected chi connectivity index (χ2v) is 1.27. The average Bonchev–Trinajstić information content (AvgIpc) is 1.80. The summed E-state index contributed by atoms with van der Waals surface area (Å²) in [6.07, 6.45) is 0.743. The summed E-state index contributed by atoms with van der Waals surface area (Å²) in [7, 11) is 0. The smallest absolute Gasteiger partial charge is 0.294 e. The van der Waals surface area contributed by atoms with Crippen molar-refractivity contribution >= 4 is 5.91 Å². The molecule has 0 aromatic heterocycles. The molecule has 2 heteroatoms. The zero-order valence-electron chi connectivity index (χ0n) is 5.19.